The van der Waals surface area contributed by atoms with Gasteiger partial charge in [0.15, 0.2) is 4.91 Å². The van der Waals surface area contributed by atoms with Crippen molar-refractivity contribution in [3.05, 3.63) is 27.8 Å². The number of nitrogens with one attached hydrogen (secondary N) is 1. The predicted octanol–water partition coefficient (Wildman–Crippen LogP) is 3.45. The summed E-state index contributed by atoms with van der Waals surface area (Å²) in [7, 11) is -4.55. The van der Waals surface area contributed by atoms with Crippen LogP contribution in [0.5, 0.6) is 5.75 Å². The summed E-state index contributed by atoms with van der Waals surface area (Å²) in [5, 5.41) is 0.818. The van der Waals surface area contributed by atoms with Crippen molar-refractivity contribution in [1.29, 1.82) is 0 Å². The number of ether oxygens (including phenoxy) is 1. The fourth-order valence-electron chi connectivity index (χ4n) is 2.07. The van der Waals surface area contributed by atoms with E-state index in [1.54, 1.807) is 0 Å². The Kier molecular flexibility index (Phi) is 4.49. The second-order valence-electron chi connectivity index (χ2n) is 4.61. The standard InChI is InChI=1S/C12H6ClF6NO4S/c1-24-5-3-2-4(13)7-6(5)20-9(11(14,15)16)8(25(7,22)23)10(21)12(17,18)19/h2-3,20H,1H3. The Morgan fingerprint density at radius 2 is 1.72 bits per heavy atom. The third-order valence-corrected chi connectivity index (χ3v) is 5.37. The molecule has 1 aliphatic heterocycles. The summed E-state index contributed by atoms with van der Waals surface area (Å²) in [6, 6.07) is 1.90. The van der Waals surface area contributed by atoms with Crippen LogP contribution < -0.4 is 10.1 Å². The van der Waals surface area contributed by atoms with E-state index in [4.69, 9.17) is 16.3 Å². The minimum atomic E-state index is -5.86. The molecule has 0 amide bonds. The highest BCUT2D eigenvalue weighted by molar-refractivity contribution is 7.96. The number of anilines is 1. The molecule has 0 fully saturated rings. The van der Waals surface area contributed by atoms with E-state index in [9.17, 15) is 39.6 Å². The minimum absolute atomic E-state index is 0.428. The van der Waals surface area contributed by atoms with Gasteiger partial charge in [0.2, 0.25) is 9.84 Å². The van der Waals surface area contributed by atoms with Gasteiger partial charge in [-0.1, -0.05) is 11.6 Å². The maximum atomic E-state index is 13.1. The van der Waals surface area contributed by atoms with E-state index in [1.165, 1.54) is 5.32 Å². The van der Waals surface area contributed by atoms with E-state index in [0.717, 1.165) is 19.2 Å². The van der Waals surface area contributed by atoms with Crippen molar-refractivity contribution >= 4 is 32.9 Å². The van der Waals surface area contributed by atoms with E-state index in [0.29, 0.717) is 0 Å². The normalized spacial score (nSPS) is 17.0. The molecule has 1 heterocycles. The Bertz CT molecular complexity index is 888. The molecule has 0 saturated carbocycles. The number of allylic oxidation sites excluding steroid dienone is 2. The number of halogens is 7. The molecule has 0 saturated heterocycles. The summed E-state index contributed by atoms with van der Waals surface area (Å²) in [6.07, 6.45) is -11.5. The molecule has 0 aromatic heterocycles. The zero-order chi connectivity index (χ0) is 19.4. The van der Waals surface area contributed by atoms with Crippen LogP contribution in [0.25, 0.3) is 0 Å². The monoisotopic (exact) mass is 409 g/mol. The summed E-state index contributed by atoms with van der Waals surface area (Å²) < 4.78 is 107. The maximum absolute atomic E-state index is 13.1. The molecule has 0 aliphatic carbocycles. The van der Waals surface area contributed by atoms with Gasteiger partial charge in [0.25, 0.3) is 5.78 Å². The number of carbonyl (C=O) groups excluding carboxylic acids is 1. The third kappa shape index (κ3) is 3.15. The number of methoxy groups -OCH3 is 1. The zero-order valence-corrected chi connectivity index (χ0v) is 13.4. The van der Waals surface area contributed by atoms with Gasteiger partial charge in [-0.3, -0.25) is 4.79 Å². The first kappa shape index (κ1) is 19.4. The number of sulfone groups is 1. The summed E-state index contributed by atoms with van der Waals surface area (Å²) in [5.74, 6) is -3.60. The van der Waals surface area contributed by atoms with Crippen LogP contribution in [0.15, 0.2) is 27.6 Å². The molecule has 0 atom stereocenters. The molecule has 2 rings (SSSR count). The van der Waals surface area contributed by atoms with Crippen LogP contribution in [0.3, 0.4) is 0 Å². The van der Waals surface area contributed by atoms with Gasteiger partial charge in [0.1, 0.15) is 22.0 Å². The van der Waals surface area contributed by atoms with Gasteiger partial charge in [-0.2, -0.15) is 26.3 Å². The van der Waals surface area contributed by atoms with E-state index >= 15 is 0 Å². The molecule has 0 radical (unpaired) electrons. The number of Topliss-reactive ketones (excluding diaryl/α,β-unsaturated/α-hetero) is 1. The summed E-state index contributed by atoms with van der Waals surface area (Å²) >= 11 is 5.63. The van der Waals surface area contributed by atoms with Crippen LogP contribution in [0.2, 0.25) is 5.02 Å². The number of rotatable bonds is 2. The summed E-state index contributed by atoms with van der Waals surface area (Å²) in [4.78, 5) is 7.80. The number of hydrogen-bond donors (Lipinski definition) is 1. The number of hydrogen-bond acceptors (Lipinski definition) is 5. The largest absolute Gasteiger partial charge is 0.495 e. The third-order valence-electron chi connectivity index (χ3n) is 3.05. The Hall–Kier alpha value is -1.95. The Morgan fingerprint density at radius 3 is 2.16 bits per heavy atom. The van der Waals surface area contributed by atoms with Crippen molar-refractivity contribution in [2.75, 3.05) is 12.4 Å². The van der Waals surface area contributed by atoms with Crippen molar-refractivity contribution in [2.24, 2.45) is 0 Å². The summed E-state index contributed by atoms with van der Waals surface area (Å²) in [6.45, 7) is 0. The number of ketones is 1. The zero-order valence-electron chi connectivity index (χ0n) is 11.8. The van der Waals surface area contributed by atoms with Gasteiger partial charge in [-0.25, -0.2) is 8.42 Å². The Balaban J connectivity index is 2.94. The van der Waals surface area contributed by atoms with Crippen LogP contribution in [-0.2, 0) is 14.6 Å². The molecule has 5 nitrogen and oxygen atoms in total. The number of alkyl halides is 6. The van der Waals surface area contributed by atoms with E-state index in [-0.39, 0.29) is 0 Å². The first-order valence-corrected chi connectivity index (χ1v) is 7.90. The van der Waals surface area contributed by atoms with Crippen LogP contribution in [-0.4, -0.2) is 33.7 Å². The predicted molar refractivity (Wildman–Crippen MR) is 73.0 cm³/mol. The topological polar surface area (TPSA) is 72.5 Å². The molecule has 0 bridgehead atoms. The SMILES string of the molecule is COc1ccc(Cl)c2c1NC(C(F)(F)F)=C(C(=O)C(F)(F)F)S2(=O)=O. The Morgan fingerprint density at radius 1 is 1.16 bits per heavy atom. The average Bonchev–Trinajstić information content (AvgIpc) is 2.43. The molecule has 0 spiro atoms. The van der Waals surface area contributed by atoms with Crippen LogP contribution in [0, 0.1) is 0 Å². The fourth-order valence-corrected chi connectivity index (χ4v) is 4.28. The van der Waals surface area contributed by atoms with Crippen molar-refractivity contribution in [1.82, 2.24) is 0 Å². The fraction of sp³-hybridized carbons (Fsp3) is 0.250. The second-order valence-corrected chi connectivity index (χ2v) is 6.84. The average molecular weight is 410 g/mol. The number of benzene rings is 1. The van der Waals surface area contributed by atoms with Gasteiger partial charge in [-0.05, 0) is 12.1 Å². The van der Waals surface area contributed by atoms with Crippen LogP contribution in [0.4, 0.5) is 32.0 Å². The van der Waals surface area contributed by atoms with Crippen molar-refractivity contribution in [3.63, 3.8) is 0 Å². The highest BCUT2D eigenvalue weighted by Crippen LogP contribution is 2.48. The number of carbonyl (C=O) groups is 1. The molecule has 1 N–H and O–H groups in total. The van der Waals surface area contributed by atoms with E-state index in [2.05, 4.69) is 0 Å². The quantitative estimate of drug-likeness (QED) is 0.757. The molecule has 25 heavy (non-hydrogen) atoms. The molecular weight excluding hydrogens is 404 g/mol. The lowest BCUT2D eigenvalue weighted by atomic mass is 10.2. The van der Waals surface area contributed by atoms with Gasteiger partial charge >= 0.3 is 12.4 Å². The van der Waals surface area contributed by atoms with Gasteiger partial charge in [0, 0.05) is 0 Å². The van der Waals surface area contributed by atoms with Crippen molar-refractivity contribution < 1.29 is 44.3 Å². The van der Waals surface area contributed by atoms with E-state index in [1.807, 2.05) is 0 Å². The maximum Gasteiger partial charge on any atom is 0.455 e. The molecule has 13 heteroatoms. The van der Waals surface area contributed by atoms with Crippen molar-refractivity contribution in [2.45, 2.75) is 17.2 Å². The van der Waals surface area contributed by atoms with E-state index < -0.39 is 59.9 Å². The number of fused-ring (bicyclic) bond motifs is 1. The van der Waals surface area contributed by atoms with Gasteiger partial charge < -0.3 is 10.1 Å². The molecule has 1 aromatic rings. The highest BCUT2D eigenvalue weighted by atomic mass is 35.5. The second kappa shape index (κ2) is 5.80. The molecular formula is C12H6ClF6NO4S. The molecule has 138 valence electrons. The molecule has 0 unspecified atom stereocenters. The molecule has 1 aromatic carbocycles. The lowest BCUT2D eigenvalue weighted by Crippen LogP contribution is -2.37. The lowest BCUT2D eigenvalue weighted by Gasteiger charge is -2.27. The lowest BCUT2D eigenvalue weighted by molar-refractivity contribution is -0.166. The highest BCUT2D eigenvalue weighted by Gasteiger charge is 2.54. The van der Waals surface area contributed by atoms with Gasteiger partial charge in [-0.15, -0.1) is 0 Å². The smallest absolute Gasteiger partial charge is 0.455 e. The summed E-state index contributed by atoms with van der Waals surface area (Å²) in [5.41, 5.74) is -3.19. The van der Waals surface area contributed by atoms with Crippen molar-refractivity contribution in [3.8, 4) is 5.75 Å². The van der Waals surface area contributed by atoms with Gasteiger partial charge in [0.05, 0.1) is 12.1 Å². The first-order chi connectivity index (χ1) is 11.2. The van der Waals surface area contributed by atoms with Crippen LogP contribution in [0.1, 0.15) is 0 Å². The Labute approximate surface area is 141 Å². The molecule has 1 aliphatic rings. The first-order valence-electron chi connectivity index (χ1n) is 6.04. The minimum Gasteiger partial charge on any atom is -0.495 e. The van der Waals surface area contributed by atoms with Crippen LogP contribution >= 0.6 is 11.6 Å².